The number of carbonyl (C=O) groups is 15. The summed E-state index contributed by atoms with van der Waals surface area (Å²) in [5.74, 6) is -18.4. The molecule has 2 rings (SSSR count). The van der Waals surface area contributed by atoms with Crippen molar-refractivity contribution in [2.75, 3.05) is 12.3 Å². The lowest BCUT2D eigenvalue weighted by Gasteiger charge is -2.27. The molecule has 0 saturated carbocycles. The lowest BCUT2D eigenvalue weighted by Crippen LogP contribution is -2.61. The minimum absolute atomic E-state index is 0.0529. The van der Waals surface area contributed by atoms with E-state index in [2.05, 4.69) is 65.5 Å². The van der Waals surface area contributed by atoms with Gasteiger partial charge in [0.25, 0.3) is 0 Å². The Kier molecular flexibility index (Phi) is 30.5. The molecule has 23 N–H and O–H groups in total. The van der Waals surface area contributed by atoms with Gasteiger partial charge in [0.15, 0.2) is 0 Å². The van der Waals surface area contributed by atoms with Gasteiger partial charge in [-0.3, -0.25) is 67.1 Å². The Labute approximate surface area is 492 Å². The van der Waals surface area contributed by atoms with E-state index >= 15 is 0 Å². The van der Waals surface area contributed by atoms with Crippen molar-refractivity contribution >= 4 is 112 Å². The maximum Gasteiger partial charge on any atom is 0.326 e. The highest BCUT2D eigenvalue weighted by molar-refractivity contribution is 7.80. The van der Waals surface area contributed by atoms with Crippen LogP contribution in [0.3, 0.4) is 0 Å². The second-order valence-electron chi connectivity index (χ2n) is 20.2. The van der Waals surface area contributed by atoms with Crippen LogP contribution < -0.4 is 76.5 Å². The van der Waals surface area contributed by atoms with E-state index in [9.17, 15) is 87.2 Å². The molecule has 85 heavy (non-hydrogen) atoms. The first-order chi connectivity index (χ1) is 39.9. The number of nitrogens with one attached hydrogen (secondary N) is 10. The molecule has 0 aliphatic carbocycles. The van der Waals surface area contributed by atoms with Crippen LogP contribution in [0.25, 0.3) is 10.9 Å². The second kappa shape index (κ2) is 35.9. The number of carbonyl (C=O) groups excluding carboxylic acids is 12. The molecular formula is C51H77N15O18S. The number of nitrogens with two attached hydrogens (primary N) is 5. The summed E-state index contributed by atoms with van der Waals surface area (Å²) >= 11 is 4.05. The van der Waals surface area contributed by atoms with Crippen LogP contribution in [0.2, 0.25) is 0 Å². The molecule has 0 aliphatic heterocycles. The quantitative estimate of drug-likeness (QED) is 0.0218. The van der Waals surface area contributed by atoms with E-state index in [-0.39, 0.29) is 63.2 Å². The number of hydrogen-bond acceptors (Lipinski definition) is 18. The summed E-state index contributed by atoms with van der Waals surface area (Å²) in [7, 11) is 0. The Hall–Kier alpha value is -8.92. The molecule has 1 heterocycles. The van der Waals surface area contributed by atoms with Gasteiger partial charge in [-0.25, -0.2) is 4.79 Å². The van der Waals surface area contributed by atoms with Crippen molar-refractivity contribution < 1.29 is 87.2 Å². The number of primary amides is 3. The number of amides is 12. The highest BCUT2D eigenvalue weighted by Gasteiger charge is 2.37. The maximum absolute atomic E-state index is 14.4. The molecule has 34 heteroatoms. The Morgan fingerprint density at radius 1 is 0.506 bits per heavy atom. The molecule has 0 radical (unpaired) electrons. The van der Waals surface area contributed by atoms with Crippen LogP contribution in [0.15, 0.2) is 30.5 Å². The summed E-state index contributed by atoms with van der Waals surface area (Å²) in [6.45, 7) is 4.69. The number of aliphatic carboxylic acids is 3. The summed E-state index contributed by atoms with van der Waals surface area (Å²) in [6, 6.07) is -9.66. The van der Waals surface area contributed by atoms with Gasteiger partial charge in [-0.15, -0.1) is 0 Å². The highest BCUT2D eigenvalue weighted by atomic mass is 32.1. The van der Waals surface area contributed by atoms with E-state index in [0.29, 0.717) is 16.5 Å². The van der Waals surface area contributed by atoms with Crippen LogP contribution in [-0.2, 0) is 78.3 Å². The fraction of sp³-hybridized carbons (Fsp3) is 0.549. The monoisotopic (exact) mass is 1220 g/mol. The van der Waals surface area contributed by atoms with Gasteiger partial charge in [-0.1, -0.05) is 32.0 Å². The lowest BCUT2D eigenvalue weighted by atomic mass is 10.0. The molecule has 2 aromatic rings. The van der Waals surface area contributed by atoms with Gasteiger partial charge in [0.1, 0.15) is 54.4 Å². The van der Waals surface area contributed by atoms with Crippen LogP contribution in [0, 0.1) is 5.92 Å². The summed E-state index contributed by atoms with van der Waals surface area (Å²) < 4.78 is 0. The van der Waals surface area contributed by atoms with Gasteiger partial charge in [-0.05, 0) is 69.5 Å². The third-order valence-electron chi connectivity index (χ3n) is 12.6. The predicted octanol–water partition coefficient (Wildman–Crippen LogP) is -6.03. The Bertz CT molecular complexity index is 2760. The number of carboxylic acid groups (broad SMARTS) is 3. The average molecular weight is 1220 g/mol. The molecule has 0 aliphatic rings. The van der Waals surface area contributed by atoms with Gasteiger partial charge < -0.3 is 96.8 Å². The van der Waals surface area contributed by atoms with Crippen LogP contribution in [0.5, 0.6) is 0 Å². The Morgan fingerprint density at radius 3 is 1.51 bits per heavy atom. The zero-order valence-electron chi connectivity index (χ0n) is 46.9. The maximum atomic E-state index is 14.4. The first-order valence-corrected chi connectivity index (χ1v) is 27.4. The largest absolute Gasteiger partial charge is 0.481 e. The van der Waals surface area contributed by atoms with Gasteiger partial charge in [-0.2, -0.15) is 12.6 Å². The number of carboxylic acids is 3. The number of H-pyrrole nitrogens is 1. The number of rotatable bonds is 40. The Morgan fingerprint density at radius 2 is 0.976 bits per heavy atom. The van der Waals surface area contributed by atoms with E-state index in [0.717, 1.165) is 0 Å². The Balaban J connectivity index is 2.49. The normalized spacial score (nSPS) is 14.6. The van der Waals surface area contributed by atoms with Crippen molar-refractivity contribution in [3.8, 4) is 0 Å². The molecular weight excluding hydrogens is 1140 g/mol. The number of aromatic nitrogens is 1. The number of benzene rings is 1. The number of fused-ring (bicyclic) bond motifs is 1. The third kappa shape index (κ3) is 26.0. The van der Waals surface area contributed by atoms with Crippen molar-refractivity contribution in [2.45, 2.75) is 158 Å². The van der Waals surface area contributed by atoms with Gasteiger partial charge >= 0.3 is 17.9 Å². The van der Waals surface area contributed by atoms with E-state index in [4.69, 9.17) is 28.7 Å². The fourth-order valence-electron chi connectivity index (χ4n) is 8.14. The van der Waals surface area contributed by atoms with E-state index < -0.39 is 181 Å². The summed E-state index contributed by atoms with van der Waals surface area (Å²) in [6.07, 6.45) is -3.38. The minimum atomic E-state index is -2.12. The molecule has 10 atom stereocenters. The molecule has 0 bridgehead atoms. The van der Waals surface area contributed by atoms with Gasteiger partial charge in [0.2, 0.25) is 70.9 Å². The molecule has 0 unspecified atom stereocenters. The molecule has 33 nitrogen and oxygen atoms in total. The second-order valence-corrected chi connectivity index (χ2v) is 20.6. The molecule has 1 aromatic heterocycles. The molecule has 0 spiro atoms. The fourth-order valence-corrected chi connectivity index (χ4v) is 8.40. The topological polar surface area (TPSA) is 571 Å². The molecule has 470 valence electrons. The number of hydrogen-bond donors (Lipinski definition) is 19. The van der Waals surface area contributed by atoms with Crippen molar-refractivity contribution in [3.63, 3.8) is 0 Å². The van der Waals surface area contributed by atoms with Crippen LogP contribution >= 0.6 is 12.6 Å². The first-order valence-electron chi connectivity index (χ1n) is 26.7. The van der Waals surface area contributed by atoms with E-state index in [1.807, 2.05) is 0 Å². The van der Waals surface area contributed by atoms with Crippen molar-refractivity contribution in [3.05, 3.63) is 36.0 Å². The number of aromatic amines is 1. The molecule has 1 aromatic carbocycles. The summed E-state index contributed by atoms with van der Waals surface area (Å²) in [5, 5.41) is 50.1. The highest BCUT2D eigenvalue weighted by Crippen LogP contribution is 2.20. The van der Waals surface area contributed by atoms with Crippen molar-refractivity contribution in [1.82, 2.24) is 52.8 Å². The van der Waals surface area contributed by atoms with E-state index in [1.165, 1.54) is 6.92 Å². The van der Waals surface area contributed by atoms with Crippen LogP contribution in [0.4, 0.5) is 0 Å². The van der Waals surface area contributed by atoms with Crippen LogP contribution in [0.1, 0.15) is 97.0 Å². The smallest absolute Gasteiger partial charge is 0.326 e. The lowest BCUT2D eigenvalue weighted by molar-refractivity contribution is -0.143. The SMILES string of the molecule is CC(C)C[C@H](NC(=O)[C@@H](N)CCC(N)=O)C(=O)N[C@@H](CCC(=O)O)C(=O)N[C@@H](CC(=O)O)C(=O)N[C@@H](CC(N)=O)C(=O)N[C@@H](CCCCN)C(=O)N[C@@H](Cc1c[nH]c2ccccc12)C(=O)N[C@@H](C)C(=O)N[C@@H](CS)C(=O)N[C@@H](CC(N)=O)C(=O)O. The number of unbranched alkanes of at least 4 members (excludes halogenated alkanes) is 1. The molecule has 0 saturated heterocycles. The molecule has 0 fully saturated rings. The number of thiol groups is 1. The van der Waals surface area contributed by atoms with Gasteiger partial charge in [0, 0.05) is 42.1 Å². The molecule has 12 amide bonds. The standard InChI is InChI=1S/C51H77N15O18S/c1-23(2)16-31(61-43(75)27(53)11-13-37(54)67)47(79)60-30(12-14-40(70)71)45(77)64-34(20-41(72)73)49(81)63-33(18-38(55)68)48(80)59-29(10-6-7-15-52)44(76)62-32(17-25-21-57-28-9-5-4-8-26(25)28)46(78)58-24(3)42(74)66-36(22-85)50(82)65-35(51(83)84)19-39(56)69/h4-5,8-9,21,23-24,27,29-36,57,85H,6-7,10-20,22,52-53H2,1-3H3,(H2,54,67)(H2,55,68)(H2,56,69)(H,58,78)(H,59,80)(H,60,79)(H,61,75)(H,62,76)(H,63,81)(H,64,77)(H,65,82)(H,66,74)(H,70,71)(H,72,73)(H,83,84)/t24-,27-,29-,30-,31-,32-,33-,34-,35-,36-/m0/s1. The van der Waals surface area contributed by atoms with Crippen molar-refractivity contribution in [2.24, 2.45) is 34.6 Å². The predicted molar refractivity (Wildman–Crippen MR) is 302 cm³/mol. The zero-order chi connectivity index (χ0) is 64.2. The van der Waals surface area contributed by atoms with E-state index in [1.54, 1.807) is 44.3 Å². The summed E-state index contributed by atoms with van der Waals surface area (Å²) in [5.41, 5.74) is 28.4. The zero-order valence-corrected chi connectivity index (χ0v) is 47.8. The van der Waals surface area contributed by atoms with Crippen LogP contribution in [-0.4, -0.2) is 182 Å². The average Bonchev–Trinajstić information content (AvgIpc) is 4.06. The number of para-hydroxylation sites is 1. The summed E-state index contributed by atoms with van der Waals surface area (Å²) in [4.78, 5) is 197. The van der Waals surface area contributed by atoms with Crippen molar-refractivity contribution in [1.29, 1.82) is 0 Å². The van der Waals surface area contributed by atoms with Gasteiger partial charge in [0.05, 0.1) is 25.3 Å². The minimum Gasteiger partial charge on any atom is -0.481 e. The first kappa shape index (κ1) is 72.2. The third-order valence-corrected chi connectivity index (χ3v) is 13.0.